The van der Waals surface area contributed by atoms with Crippen LogP contribution in [0.5, 0.6) is 5.75 Å². The molecule has 3 aliphatic rings. The predicted molar refractivity (Wildman–Crippen MR) is 231 cm³/mol. The number of nitrogens with zero attached hydrogens (tertiary/aromatic N) is 5. The fraction of sp³-hybridized carbons (Fsp3) is 0.467. The number of benzene rings is 2. The molecule has 7 rings (SSSR count). The van der Waals surface area contributed by atoms with Gasteiger partial charge in [0.05, 0.1) is 41.3 Å². The standard InChI is InChI=1S/C45H52ClF3N8O6/c1-24(2)37(54-43(61)62-7)41(59)57-30-14-12-28(18-30)38(57)39-51-22-34(52-39)27-10-8-26(9-11-27)31-19-32(46)33(20-35(31)63-45(47,48)49)53-40(58)29-13-15-36(50-21-29)56-17-16-55(23-25(56)3)42(60)44(4,5)6/h8-11,13,15,19-22,24-25,28,30,37-38H,12,14,16-18,23H2,1-7H3,(H,51,52)(H,53,58)(H,54,61). The first-order chi connectivity index (χ1) is 29.7. The van der Waals surface area contributed by atoms with Crippen LogP contribution in [-0.2, 0) is 14.3 Å². The zero-order valence-electron chi connectivity index (χ0n) is 36.2. The van der Waals surface area contributed by atoms with E-state index in [1.165, 1.54) is 19.4 Å². The molecule has 0 spiro atoms. The molecule has 2 aliphatic heterocycles. The molecule has 18 heteroatoms. The normalized spacial score (nSPS) is 20.5. The number of amides is 4. The van der Waals surface area contributed by atoms with Gasteiger partial charge in [-0.25, -0.2) is 14.8 Å². The Balaban J connectivity index is 1.06. The number of anilines is 2. The Bertz CT molecular complexity index is 2350. The lowest BCUT2D eigenvalue weighted by Gasteiger charge is -2.42. The molecule has 1 saturated carbocycles. The highest BCUT2D eigenvalue weighted by molar-refractivity contribution is 6.34. The maximum atomic E-state index is 13.9. The number of nitrogens with one attached hydrogen (secondary N) is 3. The smallest absolute Gasteiger partial charge is 0.453 e. The van der Waals surface area contributed by atoms with Crippen molar-refractivity contribution in [1.82, 2.24) is 30.1 Å². The summed E-state index contributed by atoms with van der Waals surface area (Å²) in [5.74, 6) is -0.129. The molecule has 5 unspecified atom stereocenters. The molecule has 2 saturated heterocycles. The Morgan fingerprint density at radius 3 is 2.29 bits per heavy atom. The fourth-order valence-electron chi connectivity index (χ4n) is 8.91. The van der Waals surface area contributed by atoms with Gasteiger partial charge >= 0.3 is 12.5 Å². The number of aromatic nitrogens is 3. The molecule has 5 atom stereocenters. The van der Waals surface area contributed by atoms with Gasteiger partial charge in [-0.3, -0.25) is 14.4 Å². The van der Waals surface area contributed by atoms with E-state index >= 15 is 0 Å². The van der Waals surface area contributed by atoms with Crippen molar-refractivity contribution in [2.75, 3.05) is 37.0 Å². The molecule has 14 nitrogen and oxygen atoms in total. The molecule has 63 heavy (non-hydrogen) atoms. The van der Waals surface area contributed by atoms with Crippen molar-refractivity contribution >= 4 is 46.9 Å². The van der Waals surface area contributed by atoms with Gasteiger partial charge in [-0.05, 0) is 67.3 Å². The van der Waals surface area contributed by atoms with Gasteiger partial charge in [-0.15, -0.1) is 13.2 Å². The summed E-state index contributed by atoms with van der Waals surface area (Å²) in [5, 5.41) is 5.26. The predicted octanol–water partition coefficient (Wildman–Crippen LogP) is 8.46. The van der Waals surface area contributed by atoms with Gasteiger partial charge in [0, 0.05) is 55.0 Å². The summed E-state index contributed by atoms with van der Waals surface area (Å²) in [6.45, 7) is 13.0. The van der Waals surface area contributed by atoms with Gasteiger partial charge in [0.25, 0.3) is 5.91 Å². The highest BCUT2D eigenvalue weighted by Gasteiger charge is 2.51. The minimum atomic E-state index is -5.06. The molecular weight excluding hydrogens is 841 g/mol. The molecule has 4 amide bonds. The first-order valence-corrected chi connectivity index (χ1v) is 21.3. The Labute approximate surface area is 368 Å². The van der Waals surface area contributed by atoms with Gasteiger partial charge in [0.2, 0.25) is 11.8 Å². The number of hydrogen-bond acceptors (Lipinski definition) is 9. The summed E-state index contributed by atoms with van der Waals surface area (Å²) in [4.78, 5) is 70.5. The van der Waals surface area contributed by atoms with E-state index in [2.05, 4.69) is 35.2 Å². The lowest BCUT2D eigenvalue weighted by atomic mass is 9.94. The Hall–Kier alpha value is -5.84. The number of likely N-dealkylation sites (tertiary alicyclic amines) is 1. The highest BCUT2D eigenvalue weighted by atomic mass is 35.5. The Kier molecular flexibility index (Phi) is 12.7. The average molecular weight is 893 g/mol. The minimum Gasteiger partial charge on any atom is -0.453 e. The van der Waals surface area contributed by atoms with Crippen molar-refractivity contribution in [3.05, 3.63) is 77.3 Å². The molecule has 3 fully saturated rings. The summed E-state index contributed by atoms with van der Waals surface area (Å²) in [5.41, 5.74) is 1.28. The second kappa shape index (κ2) is 17.7. The largest absolute Gasteiger partial charge is 0.573 e. The maximum absolute atomic E-state index is 13.9. The molecule has 4 aromatic rings. The molecular formula is C45H52ClF3N8O6. The van der Waals surface area contributed by atoms with Crippen LogP contribution in [0.4, 0.5) is 29.5 Å². The monoisotopic (exact) mass is 892 g/mol. The van der Waals surface area contributed by atoms with Crippen molar-refractivity contribution in [2.24, 2.45) is 17.3 Å². The topological polar surface area (TPSA) is 162 Å². The molecule has 2 aromatic carbocycles. The van der Waals surface area contributed by atoms with Crippen LogP contribution in [0.2, 0.25) is 5.02 Å². The number of ether oxygens (including phenoxy) is 2. The maximum Gasteiger partial charge on any atom is 0.573 e. The van der Waals surface area contributed by atoms with Crippen LogP contribution >= 0.6 is 11.6 Å². The van der Waals surface area contributed by atoms with Crippen molar-refractivity contribution in [3.63, 3.8) is 0 Å². The number of alkyl halides is 3. The zero-order valence-corrected chi connectivity index (χ0v) is 36.9. The minimum absolute atomic E-state index is 0.0131. The number of rotatable bonds is 10. The number of alkyl carbamates (subject to hydrolysis) is 1. The van der Waals surface area contributed by atoms with E-state index in [1.54, 1.807) is 42.6 Å². The van der Waals surface area contributed by atoms with Crippen molar-refractivity contribution in [2.45, 2.75) is 91.3 Å². The SMILES string of the molecule is COC(=O)NC(C(=O)N1C2CCC(C2)C1c1ncc(-c2ccc(-c3cc(Cl)c(NC(=O)c4ccc(N5CCN(C(=O)C(C)(C)C)CC5C)nc4)cc3OC(F)(F)F)cc2)[nH]1)C(C)C. The number of pyridine rings is 1. The molecule has 3 N–H and O–H groups in total. The van der Waals surface area contributed by atoms with Gasteiger partial charge in [0.15, 0.2) is 0 Å². The number of carbonyl (C=O) groups is 4. The molecule has 1 aliphatic carbocycles. The van der Waals surface area contributed by atoms with Gasteiger partial charge < -0.3 is 39.8 Å². The summed E-state index contributed by atoms with van der Waals surface area (Å²) in [6.07, 6.45) is -0.0988. The van der Waals surface area contributed by atoms with Crippen molar-refractivity contribution in [3.8, 4) is 28.1 Å². The number of carbonyl (C=O) groups excluding carboxylic acids is 4. The number of piperazine rings is 1. The number of methoxy groups -OCH3 is 1. The van der Waals surface area contributed by atoms with Crippen molar-refractivity contribution < 1.29 is 41.8 Å². The molecule has 0 radical (unpaired) electrons. The third kappa shape index (κ3) is 9.72. The summed E-state index contributed by atoms with van der Waals surface area (Å²) < 4.78 is 50.6. The third-order valence-corrected chi connectivity index (χ3v) is 12.3. The van der Waals surface area contributed by atoms with E-state index in [0.717, 1.165) is 25.3 Å². The van der Waals surface area contributed by atoms with Crippen LogP contribution in [0, 0.1) is 17.3 Å². The summed E-state index contributed by atoms with van der Waals surface area (Å²) in [6, 6.07) is 11.1. The lowest BCUT2D eigenvalue weighted by Crippen LogP contribution is -2.56. The van der Waals surface area contributed by atoms with Crippen LogP contribution in [0.1, 0.15) is 83.0 Å². The second-order valence-electron chi connectivity index (χ2n) is 17.8. The number of halogens is 4. The van der Waals surface area contributed by atoms with E-state index in [1.807, 2.05) is 51.3 Å². The summed E-state index contributed by atoms with van der Waals surface area (Å²) in [7, 11) is 1.25. The lowest BCUT2D eigenvalue weighted by molar-refractivity contribution is -0.274. The number of imidazole rings is 1. The van der Waals surface area contributed by atoms with E-state index in [0.29, 0.717) is 48.1 Å². The van der Waals surface area contributed by atoms with Crippen LogP contribution in [0.3, 0.4) is 0 Å². The number of aromatic amines is 1. The van der Waals surface area contributed by atoms with Gasteiger partial charge in [-0.2, -0.15) is 0 Å². The fourth-order valence-corrected chi connectivity index (χ4v) is 9.12. The number of fused-ring (bicyclic) bond motifs is 2. The molecule has 336 valence electrons. The second-order valence-corrected chi connectivity index (χ2v) is 18.2. The average Bonchev–Trinajstić information content (AvgIpc) is 4.00. The number of H-pyrrole nitrogens is 1. The first-order valence-electron chi connectivity index (χ1n) is 21.0. The van der Waals surface area contributed by atoms with Crippen LogP contribution in [-0.4, -0.2) is 99.8 Å². The van der Waals surface area contributed by atoms with Gasteiger partial charge in [0.1, 0.15) is 23.4 Å². The first kappa shape index (κ1) is 45.2. The van der Waals surface area contributed by atoms with Crippen molar-refractivity contribution in [1.29, 1.82) is 0 Å². The van der Waals surface area contributed by atoms with Crippen LogP contribution < -0.4 is 20.3 Å². The number of hydrogen-bond donors (Lipinski definition) is 3. The number of piperidine rings is 1. The zero-order chi connectivity index (χ0) is 45.5. The molecule has 4 heterocycles. The van der Waals surface area contributed by atoms with E-state index in [-0.39, 0.29) is 63.6 Å². The van der Waals surface area contributed by atoms with Gasteiger partial charge in [-0.1, -0.05) is 70.5 Å². The molecule has 2 bridgehead atoms. The molecule has 2 aromatic heterocycles. The third-order valence-electron chi connectivity index (χ3n) is 12.0. The van der Waals surface area contributed by atoms with Crippen LogP contribution in [0.25, 0.3) is 22.4 Å². The van der Waals surface area contributed by atoms with E-state index in [4.69, 9.17) is 16.3 Å². The quantitative estimate of drug-likeness (QED) is 0.142. The van der Waals surface area contributed by atoms with E-state index < -0.39 is 35.6 Å². The van der Waals surface area contributed by atoms with Crippen LogP contribution in [0.15, 0.2) is 60.9 Å². The van der Waals surface area contributed by atoms with E-state index in [9.17, 15) is 32.3 Å². The Morgan fingerprint density at radius 2 is 1.67 bits per heavy atom. The Morgan fingerprint density at radius 1 is 0.952 bits per heavy atom. The summed E-state index contributed by atoms with van der Waals surface area (Å²) >= 11 is 6.61. The highest BCUT2D eigenvalue weighted by Crippen LogP contribution is 2.50.